The summed E-state index contributed by atoms with van der Waals surface area (Å²) >= 11 is 6.03. The van der Waals surface area contributed by atoms with Gasteiger partial charge in [0.25, 0.3) is 5.91 Å². The molecule has 0 aliphatic heterocycles. The minimum absolute atomic E-state index is 0.172. The van der Waals surface area contributed by atoms with Crippen molar-refractivity contribution in [1.29, 1.82) is 0 Å². The largest absolute Gasteiger partial charge is 0.497 e. The smallest absolute Gasteiger partial charge is 0.254 e. The zero-order valence-electron chi connectivity index (χ0n) is 22.8. The lowest BCUT2D eigenvalue weighted by Gasteiger charge is -2.22. The highest BCUT2D eigenvalue weighted by Gasteiger charge is 2.21. The Morgan fingerprint density at radius 3 is 2.24 bits per heavy atom. The number of benzene rings is 4. The van der Waals surface area contributed by atoms with Gasteiger partial charge in [-0.1, -0.05) is 59.6 Å². The van der Waals surface area contributed by atoms with Gasteiger partial charge in [0.1, 0.15) is 12.3 Å². The van der Waals surface area contributed by atoms with Crippen molar-refractivity contribution < 1.29 is 14.3 Å². The van der Waals surface area contributed by atoms with Crippen LogP contribution in [0.25, 0.3) is 16.9 Å². The first-order valence-electron chi connectivity index (χ1n) is 13.1. The van der Waals surface area contributed by atoms with E-state index in [0.717, 1.165) is 28.1 Å². The number of ether oxygens (including phenoxy) is 1. The van der Waals surface area contributed by atoms with E-state index in [2.05, 4.69) is 5.32 Å². The second-order valence-electron chi connectivity index (χ2n) is 9.59. The van der Waals surface area contributed by atoms with Crippen molar-refractivity contribution in [3.63, 3.8) is 0 Å². The van der Waals surface area contributed by atoms with Gasteiger partial charge in [0.15, 0.2) is 0 Å². The van der Waals surface area contributed by atoms with Crippen molar-refractivity contribution in [3.05, 3.63) is 131 Å². The predicted octanol–water partition coefficient (Wildman–Crippen LogP) is 6.79. The molecule has 0 spiro atoms. The average molecular weight is 565 g/mol. The van der Waals surface area contributed by atoms with Crippen LogP contribution in [-0.2, 0) is 11.3 Å². The molecule has 4 aromatic carbocycles. The number of anilines is 1. The van der Waals surface area contributed by atoms with Crippen molar-refractivity contribution in [2.45, 2.75) is 13.5 Å². The van der Waals surface area contributed by atoms with Crippen molar-refractivity contribution in [2.75, 3.05) is 19.0 Å². The van der Waals surface area contributed by atoms with Crippen molar-refractivity contribution >= 4 is 29.4 Å². The summed E-state index contributed by atoms with van der Waals surface area (Å²) in [6.07, 6.45) is 1.88. The Morgan fingerprint density at radius 2 is 1.59 bits per heavy atom. The number of carbonyl (C=O) groups excluding carboxylic acids is 2. The minimum atomic E-state index is -0.372. The third-order valence-corrected chi connectivity index (χ3v) is 6.84. The van der Waals surface area contributed by atoms with Crippen molar-refractivity contribution in [2.24, 2.45) is 0 Å². The molecule has 206 valence electrons. The summed E-state index contributed by atoms with van der Waals surface area (Å²) in [5.41, 5.74) is 4.87. The molecule has 0 radical (unpaired) electrons. The summed E-state index contributed by atoms with van der Waals surface area (Å²) in [7, 11) is 1.62. The van der Waals surface area contributed by atoms with Crippen LogP contribution in [0.4, 0.5) is 5.95 Å². The first-order valence-corrected chi connectivity index (χ1v) is 13.5. The van der Waals surface area contributed by atoms with E-state index in [0.29, 0.717) is 22.2 Å². The van der Waals surface area contributed by atoms with Crippen LogP contribution < -0.4 is 10.1 Å². The van der Waals surface area contributed by atoms with Gasteiger partial charge in [0.2, 0.25) is 11.9 Å². The number of rotatable bonds is 9. The highest BCUT2D eigenvalue weighted by molar-refractivity contribution is 6.30. The fraction of sp³-hybridized carbons (Fsp3) is 0.121. The van der Waals surface area contributed by atoms with E-state index in [1.807, 2.05) is 96.6 Å². The quantitative estimate of drug-likeness (QED) is 0.214. The number of hydrogen-bond donors (Lipinski definition) is 1. The van der Waals surface area contributed by atoms with Crippen LogP contribution in [0.1, 0.15) is 21.5 Å². The number of imidazole rings is 1. The molecule has 1 aromatic heterocycles. The average Bonchev–Trinajstić information content (AvgIpc) is 3.41. The van der Waals surface area contributed by atoms with Crippen molar-refractivity contribution in [3.8, 4) is 22.7 Å². The first-order chi connectivity index (χ1) is 19.9. The van der Waals surface area contributed by atoms with Gasteiger partial charge in [-0.05, 0) is 73.2 Å². The summed E-state index contributed by atoms with van der Waals surface area (Å²) < 4.78 is 7.12. The molecule has 0 aliphatic carbocycles. The Morgan fingerprint density at radius 1 is 0.902 bits per heavy atom. The predicted molar refractivity (Wildman–Crippen MR) is 162 cm³/mol. The number of amides is 2. The second kappa shape index (κ2) is 12.5. The molecule has 5 aromatic rings. The van der Waals surface area contributed by atoms with Gasteiger partial charge >= 0.3 is 0 Å². The lowest BCUT2D eigenvalue weighted by molar-refractivity contribution is -0.117. The molecular formula is C33H29ClN4O3. The number of methoxy groups -OCH3 is 1. The number of aryl methyl sites for hydroxylation is 1. The fourth-order valence-electron chi connectivity index (χ4n) is 4.39. The summed E-state index contributed by atoms with van der Waals surface area (Å²) in [5.74, 6) is 0.442. The van der Waals surface area contributed by atoms with Gasteiger partial charge in [0, 0.05) is 34.6 Å². The summed E-state index contributed by atoms with van der Waals surface area (Å²) in [6, 6.07) is 31.7. The zero-order chi connectivity index (χ0) is 28.8. The van der Waals surface area contributed by atoms with E-state index >= 15 is 0 Å². The van der Waals surface area contributed by atoms with Crippen LogP contribution in [0.2, 0.25) is 5.02 Å². The number of carbonyl (C=O) groups is 2. The molecule has 0 fully saturated rings. The molecule has 5 rings (SSSR count). The minimum Gasteiger partial charge on any atom is -0.497 e. The standard InChI is InChI=1S/C33H29ClN4O3/c1-23-8-16-28(17-9-23)38-21-30(25-12-18-29(41-2)19-13-25)35-33(38)36-31(39)22-37(20-24-6-4-3-5-7-24)32(40)26-10-14-27(34)15-11-26/h3-19,21H,20,22H2,1-2H3,(H,35,36,39). The molecule has 1 N–H and O–H groups in total. The molecule has 0 aliphatic rings. The highest BCUT2D eigenvalue weighted by Crippen LogP contribution is 2.26. The van der Waals surface area contributed by atoms with E-state index in [9.17, 15) is 9.59 Å². The number of hydrogen-bond acceptors (Lipinski definition) is 4. The van der Waals surface area contributed by atoms with E-state index in [4.69, 9.17) is 21.3 Å². The summed E-state index contributed by atoms with van der Waals surface area (Å²) in [6.45, 7) is 2.11. The number of nitrogens with zero attached hydrogens (tertiary/aromatic N) is 3. The lowest BCUT2D eigenvalue weighted by atomic mass is 10.1. The molecule has 0 unspecified atom stereocenters. The van der Waals surface area contributed by atoms with Gasteiger partial charge in [-0.3, -0.25) is 19.5 Å². The van der Waals surface area contributed by atoms with E-state index in [1.54, 1.807) is 31.4 Å². The van der Waals surface area contributed by atoms with Gasteiger partial charge in [-0.15, -0.1) is 0 Å². The second-order valence-corrected chi connectivity index (χ2v) is 10.0. The van der Waals surface area contributed by atoms with Crippen LogP contribution in [0.15, 0.2) is 109 Å². The van der Waals surface area contributed by atoms with Gasteiger partial charge in [-0.25, -0.2) is 4.98 Å². The number of nitrogens with one attached hydrogen (secondary N) is 1. The van der Waals surface area contributed by atoms with Gasteiger partial charge in [0.05, 0.1) is 12.8 Å². The molecule has 0 bridgehead atoms. The molecule has 0 saturated carbocycles. The van der Waals surface area contributed by atoms with Crippen LogP contribution >= 0.6 is 11.6 Å². The molecule has 1 heterocycles. The van der Waals surface area contributed by atoms with Crippen LogP contribution in [0.3, 0.4) is 0 Å². The Kier molecular flexibility index (Phi) is 8.46. The van der Waals surface area contributed by atoms with Crippen molar-refractivity contribution in [1.82, 2.24) is 14.5 Å². The normalized spacial score (nSPS) is 10.7. The van der Waals surface area contributed by atoms with E-state index < -0.39 is 0 Å². The lowest BCUT2D eigenvalue weighted by Crippen LogP contribution is -2.38. The fourth-order valence-corrected chi connectivity index (χ4v) is 4.51. The van der Waals surface area contributed by atoms with Crippen LogP contribution in [0, 0.1) is 6.92 Å². The maximum Gasteiger partial charge on any atom is 0.254 e. The third-order valence-electron chi connectivity index (χ3n) is 6.58. The molecule has 7 nitrogen and oxygen atoms in total. The number of halogens is 1. The topological polar surface area (TPSA) is 76.5 Å². The maximum atomic E-state index is 13.5. The SMILES string of the molecule is COc1ccc(-c2cn(-c3ccc(C)cc3)c(NC(=O)CN(Cc3ccccc3)C(=O)c3ccc(Cl)cc3)n2)cc1. The summed E-state index contributed by atoms with van der Waals surface area (Å²) in [5, 5.41) is 3.47. The molecule has 0 atom stereocenters. The Bertz CT molecular complexity index is 1630. The molecule has 8 heteroatoms. The molecule has 0 saturated heterocycles. The van der Waals surface area contributed by atoms with Gasteiger partial charge in [-0.2, -0.15) is 0 Å². The van der Waals surface area contributed by atoms with Crippen LogP contribution in [0.5, 0.6) is 5.75 Å². The highest BCUT2D eigenvalue weighted by atomic mass is 35.5. The maximum absolute atomic E-state index is 13.5. The third kappa shape index (κ3) is 6.83. The van der Waals surface area contributed by atoms with Gasteiger partial charge < -0.3 is 9.64 Å². The zero-order valence-corrected chi connectivity index (χ0v) is 23.5. The Balaban J connectivity index is 1.43. The molecule has 41 heavy (non-hydrogen) atoms. The summed E-state index contributed by atoms with van der Waals surface area (Å²) in [4.78, 5) is 33.2. The Hall–Kier alpha value is -4.88. The Labute approximate surface area is 244 Å². The first kappa shape index (κ1) is 27.7. The number of aromatic nitrogens is 2. The molecular weight excluding hydrogens is 536 g/mol. The molecule has 2 amide bonds. The van der Waals surface area contributed by atoms with E-state index in [1.165, 1.54) is 4.90 Å². The monoisotopic (exact) mass is 564 g/mol. The van der Waals surface area contributed by atoms with E-state index in [-0.39, 0.29) is 24.9 Å². The van der Waals surface area contributed by atoms with Crippen LogP contribution in [-0.4, -0.2) is 39.9 Å².